The number of allylic oxidation sites excluding steroid dienone is 2. The van der Waals surface area contributed by atoms with Gasteiger partial charge in [-0.3, -0.25) is 4.79 Å². The van der Waals surface area contributed by atoms with E-state index in [0.717, 1.165) is 5.57 Å². The molecule has 90 valence electrons. The van der Waals surface area contributed by atoms with Crippen LogP contribution in [0.5, 0.6) is 0 Å². The van der Waals surface area contributed by atoms with Crippen molar-refractivity contribution >= 4 is 5.97 Å². The van der Waals surface area contributed by atoms with Crippen molar-refractivity contribution in [3.8, 4) is 0 Å². The van der Waals surface area contributed by atoms with Crippen LogP contribution in [0.15, 0.2) is 37.0 Å². The van der Waals surface area contributed by atoms with Crippen molar-refractivity contribution in [2.45, 2.75) is 26.3 Å². The zero-order valence-electron chi connectivity index (χ0n) is 10.1. The first kappa shape index (κ1) is 14.6. The Bertz CT molecular complexity index is 280. The number of esters is 1. The van der Waals surface area contributed by atoms with E-state index in [0.29, 0.717) is 12.3 Å². The van der Waals surface area contributed by atoms with Crippen LogP contribution in [0.2, 0.25) is 0 Å². The number of hydrogen-bond donors (Lipinski definition) is 1. The van der Waals surface area contributed by atoms with Crippen LogP contribution in [0.25, 0.3) is 0 Å². The van der Waals surface area contributed by atoms with Gasteiger partial charge in [-0.25, -0.2) is 0 Å². The van der Waals surface area contributed by atoms with Crippen LogP contribution in [0.4, 0.5) is 0 Å². The molecule has 0 bridgehead atoms. The number of nitrogens with two attached hydrogens (primary N) is 1. The Morgan fingerprint density at radius 3 is 2.50 bits per heavy atom. The topological polar surface area (TPSA) is 52.3 Å². The maximum absolute atomic E-state index is 11.5. The Morgan fingerprint density at radius 1 is 1.44 bits per heavy atom. The summed E-state index contributed by atoms with van der Waals surface area (Å²) in [6, 6.07) is -0.546. The summed E-state index contributed by atoms with van der Waals surface area (Å²) < 4.78 is 5.06. The number of hydrogen-bond acceptors (Lipinski definition) is 3. The Morgan fingerprint density at radius 2 is 2.06 bits per heavy atom. The van der Waals surface area contributed by atoms with Crippen molar-refractivity contribution in [3.05, 3.63) is 37.0 Å². The van der Waals surface area contributed by atoms with E-state index < -0.39 is 6.04 Å². The predicted molar refractivity (Wildman–Crippen MR) is 66.9 cm³/mol. The van der Waals surface area contributed by atoms with Gasteiger partial charge in [-0.1, -0.05) is 45.2 Å². The average Bonchev–Trinajstić information content (AvgIpc) is 2.22. The molecular formula is C13H21NO2. The van der Waals surface area contributed by atoms with Gasteiger partial charge < -0.3 is 10.5 Å². The third-order valence-electron chi connectivity index (χ3n) is 2.00. The lowest BCUT2D eigenvalue weighted by molar-refractivity contribution is -0.144. The zero-order valence-corrected chi connectivity index (χ0v) is 10.1. The fraction of sp³-hybridized carbons (Fsp3) is 0.462. The molecule has 1 unspecified atom stereocenters. The van der Waals surface area contributed by atoms with E-state index in [1.54, 1.807) is 18.2 Å². The monoisotopic (exact) mass is 223 g/mol. The molecule has 0 aliphatic rings. The molecule has 0 aromatic carbocycles. The molecule has 0 saturated carbocycles. The minimum atomic E-state index is -0.546. The SMILES string of the molecule is C=C/C=C(\C=C)COC(=O)C(N)CC(C)C. The second kappa shape index (κ2) is 7.88. The molecule has 0 heterocycles. The molecular weight excluding hydrogens is 202 g/mol. The fourth-order valence-corrected chi connectivity index (χ4v) is 1.19. The van der Waals surface area contributed by atoms with Gasteiger partial charge in [-0.05, 0) is 17.9 Å². The third-order valence-corrected chi connectivity index (χ3v) is 2.00. The third kappa shape index (κ3) is 6.19. The van der Waals surface area contributed by atoms with Gasteiger partial charge in [-0.15, -0.1) is 0 Å². The van der Waals surface area contributed by atoms with E-state index in [9.17, 15) is 4.79 Å². The Labute approximate surface area is 97.7 Å². The Hall–Kier alpha value is -1.35. The molecule has 3 heteroatoms. The van der Waals surface area contributed by atoms with Crippen molar-refractivity contribution in [1.29, 1.82) is 0 Å². The lowest BCUT2D eigenvalue weighted by Crippen LogP contribution is -2.33. The lowest BCUT2D eigenvalue weighted by atomic mass is 10.1. The van der Waals surface area contributed by atoms with Gasteiger partial charge >= 0.3 is 5.97 Å². The Balaban J connectivity index is 4.10. The highest BCUT2D eigenvalue weighted by atomic mass is 16.5. The van der Waals surface area contributed by atoms with E-state index in [4.69, 9.17) is 10.5 Å². The number of ether oxygens (including phenoxy) is 1. The smallest absolute Gasteiger partial charge is 0.323 e. The first-order chi connectivity index (χ1) is 7.51. The van der Waals surface area contributed by atoms with Crippen molar-refractivity contribution in [3.63, 3.8) is 0 Å². The van der Waals surface area contributed by atoms with Gasteiger partial charge in [0.2, 0.25) is 0 Å². The molecule has 1 atom stereocenters. The molecule has 0 radical (unpaired) electrons. The molecule has 0 amide bonds. The predicted octanol–water partition coefficient (Wildman–Crippen LogP) is 2.20. The van der Waals surface area contributed by atoms with Gasteiger partial charge in [0.25, 0.3) is 0 Å². The summed E-state index contributed by atoms with van der Waals surface area (Å²) in [5.41, 5.74) is 6.49. The summed E-state index contributed by atoms with van der Waals surface area (Å²) in [6.07, 6.45) is 5.63. The molecule has 16 heavy (non-hydrogen) atoms. The molecule has 0 aromatic rings. The van der Waals surface area contributed by atoms with Crippen LogP contribution >= 0.6 is 0 Å². The second-order valence-corrected chi connectivity index (χ2v) is 4.03. The largest absolute Gasteiger partial charge is 0.460 e. The van der Waals surface area contributed by atoms with Crippen LogP contribution in [-0.4, -0.2) is 18.6 Å². The minimum Gasteiger partial charge on any atom is -0.460 e. The maximum Gasteiger partial charge on any atom is 0.323 e. The first-order valence-electron chi connectivity index (χ1n) is 5.37. The van der Waals surface area contributed by atoms with Gasteiger partial charge in [0.15, 0.2) is 0 Å². The normalized spacial score (nSPS) is 13.4. The first-order valence-corrected chi connectivity index (χ1v) is 5.37. The number of rotatable bonds is 7. The summed E-state index contributed by atoms with van der Waals surface area (Å²) in [7, 11) is 0. The molecule has 0 aliphatic carbocycles. The van der Waals surface area contributed by atoms with Crippen LogP contribution in [0, 0.1) is 5.92 Å². The molecule has 2 N–H and O–H groups in total. The lowest BCUT2D eigenvalue weighted by Gasteiger charge is -2.13. The molecule has 0 fully saturated rings. The van der Waals surface area contributed by atoms with Crippen LogP contribution in [0.3, 0.4) is 0 Å². The molecule has 0 aliphatic heterocycles. The number of carbonyl (C=O) groups is 1. The van der Waals surface area contributed by atoms with E-state index in [-0.39, 0.29) is 12.6 Å². The van der Waals surface area contributed by atoms with Gasteiger partial charge in [-0.2, -0.15) is 0 Å². The standard InChI is InChI=1S/C13H21NO2/c1-5-7-11(6-2)9-16-13(15)12(14)8-10(3)4/h5-7,10,12H,1-2,8-9,14H2,3-4H3/b11-7+. The minimum absolute atomic E-state index is 0.195. The molecule has 3 nitrogen and oxygen atoms in total. The van der Waals surface area contributed by atoms with Crippen molar-refractivity contribution in [2.24, 2.45) is 11.7 Å². The highest BCUT2D eigenvalue weighted by Gasteiger charge is 2.16. The maximum atomic E-state index is 11.5. The van der Waals surface area contributed by atoms with E-state index >= 15 is 0 Å². The van der Waals surface area contributed by atoms with Crippen LogP contribution < -0.4 is 5.73 Å². The van der Waals surface area contributed by atoms with E-state index in [1.165, 1.54) is 0 Å². The van der Waals surface area contributed by atoms with Crippen LogP contribution in [-0.2, 0) is 9.53 Å². The summed E-state index contributed by atoms with van der Waals surface area (Å²) in [6.45, 7) is 11.4. The molecule has 0 saturated heterocycles. The van der Waals surface area contributed by atoms with E-state index in [2.05, 4.69) is 13.2 Å². The molecule has 0 rings (SSSR count). The average molecular weight is 223 g/mol. The summed E-state index contributed by atoms with van der Waals surface area (Å²) in [5.74, 6) is 0.00986. The van der Waals surface area contributed by atoms with Gasteiger partial charge in [0, 0.05) is 0 Å². The summed E-state index contributed by atoms with van der Waals surface area (Å²) in [4.78, 5) is 11.5. The second-order valence-electron chi connectivity index (χ2n) is 4.03. The highest BCUT2D eigenvalue weighted by molar-refractivity contribution is 5.75. The summed E-state index contributed by atoms with van der Waals surface area (Å²) in [5, 5.41) is 0. The Kier molecular flexibility index (Phi) is 7.21. The van der Waals surface area contributed by atoms with Crippen LogP contribution in [0.1, 0.15) is 20.3 Å². The van der Waals surface area contributed by atoms with Crippen molar-refractivity contribution < 1.29 is 9.53 Å². The van der Waals surface area contributed by atoms with Gasteiger partial charge in [0.1, 0.15) is 12.6 Å². The van der Waals surface area contributed by atoms with E-state index in [1.807, 2.05) is 13.8 Å². The molecule has 0 spiro atoms. The summed E-state index contributed by atoms with van der Waals surface area (Å²) >= 11 is 0. The van der Waals surface area contributed by atoms with Crippen molar-refractivity contribution in [2.75, 3.05) is 6.61 Å². The van der Waals surface area contributed by atoms with Crippen molar-refractivity contribution in [1.82, 2.24) is 0 Å². The zero-order chi connectivity index (χ0) is 12.6. The van der Waals surface area contributed by atoms with Gasteiger partial charge in [0.05, 0.1) is 0 Å². The quantitative estimate of drug-likeness (QED) is 0.532. The highest BCUT2D eigenvalue weighted by Crippen LogP contribution is 2.05. The molecule has 0 aromatic heterocycles. The fourth-order valence-electron chi connectivity index (χ4n) is 1.19. The number of carbonyl (C=O) groups excluding carboxylic acids is 1.